The second-order valence-electron chi connectivity index (χ2n) is 4.96. The number of ether oxygens (including phenoxy) is 1. The molecular formula is C13H18N2O2. The molecule has 0 aliphatic carbocycles. The Balaban J connectivity index is 2.37. The summed E-state index contributed by atoms with van der Waals surface area (Å²) in [7, 11) is 0. The van der Waals surface area contributed by atoms with Crippen LogP contribution in [0.15, 0.2) is 18.2 Å². The summed E-state index contributed by atoms with van der Waals surface area (Å²) in [5, 5.41) is 2.84. The number of nitrogens with one attached hydrogen (secondary N) is 1. The Kier molecular flexibility index (Phi) is 2.83. The summed E-state index contributed by atoms with van der Waals surface area (Å²) in [6.45, 7) is 6.16. The number of fused-ring (bicyclic) bond motifs is 1. The van der Waals surface area contributed by atoms with Crippen molar-refractivity contribution < 1.29 is 9.53 Å². The second-order valence-corrected chi connectivity index (χ2v) is 4.96. The van der Waals surface area contributed by atoms with Gasteiger partial charge in [0, 0.05) is 0 Å². The zero-order valence-electron chi connectivity index (χ0n) is 10.4. The predicted molar refractivity (Wildman–Crippen MR) is 67.2 cm³/mol. The lowest BCUT2D eigenvalue weighted by molar-refractivity contribution is -0.129. The number of hydrogen-bond acceptors (Lipinski definition) is 3. The molecule has 0 bridgehead atoms. The smallest absolute Gasteiger partial charge is 0.268 e. The van der Waals surface area contributed by atoms with Crippen LogP contribution in [0.1, 0.15) is 32.3 Å². The molecule has 3 N–H and O–H groups in total. The SMILES string of the molecule is CC(CN)c1ccc2c(c1)OC(C)(C)C(=O)N2. The van der Waals surface area contributed by atoms with Gasteiger partial charge in [0.05, 0.1) is 5.69 Å². The Labute approximate surface area is 101 Å². The van der Waals surface area contributed by atoms with Gasteiger partial charge < -0.3 is 15.8 Å². The lowest BCUT2D eigenvalue weighted by Crippen LogP contribution is -2.45. The topological polar surface area (TPSA) is 64.3 Å². The molecule has 2 rings (SSSR count). The van der Waals surface area contributed by atoms with Crippen molar-refractivity contribution in [3.05, 3.63) is 23.8 Å². The van der Waals surface area contributed by atoms with Crippen LogP contribution in [0.3, 0.4) is 0 Å². The van der Waals surface area contributed by atoms with Crippen molar-refractivity contribution in [3.8, 4) is 5.75 Å². The highest BCUT2D eigenvalue weighted by molar-refractivity contribution is 6.00. The monoisotopic (exact) mass is 234 g/mol. The normalized spacial score (nSPS) is 18.9. The van der Waals surface area contributed by atoms with Crippen molar-refractivity contribution in [1.82, 2.24) is 0 Å². The minimum Gasteiger partial charge on any atom is -0.476 e. The minimum absolute atomic E-state index is 0.121. The Bertz CT molecular complexity index is 455. The lowest BCUT2D eigenvalue weighted by atomic mass is 9.99. The van der Waals surface area contributed by atoms with Gasteiger partial charge in [0.1, 0.15) is 5.75 Å². The van der Waals surface area contributed by atoms with Gasteiger partial charge in [-0.1, -0.05) is 13.0 Å². The number of hydrogen-bond donors (Lipinski definition) is 2. The third-order valence-corrected chi connectivity index (χ3v) is 3.09. The second kappa shape index (κ2) is 4.04. The molecule has 1 atom stereocenters. The molecule has 4 nitrogen and oxygen atoms in total. The molecule has 0 radical (unpaired) electrons. The van der Waals surface area contributed by atoms with Gasteiger partial charge in [-0.2, -0.15) is 0 Å². The zero-order valence-corrected chi connectivity index (χ0v) is 10.4. The highest BCUT2D eigenvalue weighted by Crippen LogP contribution is 2.35. The first kappa shape index (κ1) is 11.9. The average Bonchev–Trinajstić information content (AvgIpc) is 2.28. The molecule has 0 saturated heterocycles. The van der Waals surface area contributed by atoms with E-state index in [1.54, 1.807) is 13.8 Å². The molecule has 1 aromatic carbocycles. The third-order valence-electron chi connectivity index (χ3n) is 3.09. The third kappa shape index (κ3) is 2.13. The van der Waals surface area contributed by atoms with Crippen LogP contribution < -0.4 is 15.8 Å². The first-order valence-corrected chi connectivity index (χ1v) is 5.78. The van der Waals surface area contributed by atoms with Crippen molar-refractivity contribution in [2.75, 3.05) is 11.9 Å². The van der Waals surface area contributed by atoms with Crippen LogP contribution in [0.25, 0.3) is 0 Å². The number of benzene rings is 1. The van der Waals surface area contributed by atoms with E-state index in [4.69, 9.17) is 10.5 Å². The van der Waals surface area contributed by atoms with E-state index in [0.29, 0.717) is 12.3 Å². The largest absolute Gasteiger partial charge is 0.476 e. The first-order valence-electron chi connectivity index (χ1n) is 5.78. The Morgan fingerprint density at radius 2 is 2.18 bits per heavy atom. The van der Waals surface area contributed by atoms with E-state index in [-0.39, 0.29) is 11.8 Å². The standard InChI is InChI=1S/C13H18N2O2/c1-8(7-14)9-4-5-10-11(6-9)17-13(2,3)12(16)15-10/h4-6,8H,7,14H2,1-3H3,(H,15,16). The van der Waals surface area contributed by atoms with E-state index in [2.05, 4.69) is 12.2 Å². The maximum atomic E-state index is 11.7. The molecule has 92 valence electrons. The molecule has 0 aromatic heterocycles. The maximum Gasteiger partial charge on any atom is 0.268 e. The summed E-state index contributed by atoms with van der Waals surface area (Å²) in [4.78, 5) is 11.7. The molecule has 0 fully saturated rings. The molecular weight excluding hydrogens is 216 g/mol. The highest BCUT2D eigenvalue weighted by atomic mass is 16.5. The van der Waals surface area contributed by atoms with Gasteiger partial charge in [0.15, 0.2) is 5.60 Å². The van der Waals surface area contributed by atoms with Gasteiger partial charge in [0.25, 0.3) is 5.91 Å². The summed E-state index contributed by atoms with van der Waals surface area (Å²) in [5.74, 6) is 0.877. The molecule has 0 saturated carbocycles. The summed E-state index contributed by atoms with van der Waals surface area (Å²) >= 11 is 0. The molecule has 1 aliphatic heterocycles. The summed E-state index contributed by atoms with van der Waals surface area (Å²) in [6.07, 6.45) is 0. The number of anilines is 1. The van der Waals surface area contributed by atoms with Crippen molar-refractivity contribution in [2.45, 2.75) is 32.3 Å². The van der Waals surface area contributed by atoms with E-state index in [1.165, 1.54) is 0 Å². The Morgan fingerprint density at radius 3 is 2.82 bits per heavy atom. The molecule has 1 amide bonds. The van der Waals surface area contributed by atoms with Crippen molar-refractivity contribution in [3.63, 3.8) is 0 Å². The van der Waals surface area contributed by atoms with E-state index >= 15 is 0 Å². The van der Waals surface area contributed by atoms with E-state index in [0.717, 1.165) is 11.3 Å². The van der Waals surface area contributed by atoms with Gasteiger partial charge in [-0.25, -0.2) is 0 Å². The molecule has 1 heterocycles. The van der Waals surface area contributed by atoms with Crippen molar-refractivity contribution in [1.29, 1.82) is 0 Å². The molecule has 1 unspecified atom stereocenters. The minimum atomic E-state index is -0.822. The van der Waals surface area contributed by atoms with Crippen LogP contribution in [-0.4, -0.2) is 18.1 Å². The van der Waals surface area contributed by atoms with E-state index in [1.807, 2.05) is 18.2 Å². The zero-order chi connectivity index (χ0) is 12.6. The number of carbonyl (C=O) groups is 1. The molecule has 1 aliphatic rings. The highest BCUT2D eigenvalue weighted by Gasteiger charge is 2.35. The number of rotatable bonds is 2. The molecule has 4 heteroatoms. The molecule has 17 heavy (non-hydrogen) atoms. The van der Waals surface area contributed by atoms with E-state index in [9.17, 15) is 4.79 Å². The number of carbonyl (C=O) groups excluding carboxylic acids is 1. The number of amides is 1. The fraction of sp³-hybridized carbons (Fsp3) is 0.462. The van der Waals surface area contributed by atoms with Gasteiger partial charge >= 0.3 is 0 Å². The first-order chi connectivity index (χ1) is 7.94. The van der Waals surface area contributed by atoms with Gasteiger partial charge in [-0.3, -0.25) is 4.79 Å². The van der Waals surface area contributed by atoms with Gasteiger partial charge in [-0.05, 0) is 44.0 Å². The van der Waals surface area contributed by atoms with Crippen LogP contribution in [-0.2, 0) is 4.79 Å². The van der Waals surface area contributed by atoms with Crippen LogP contribution in [0, 0.1) is 0 Å². The Morgan fingerprint density at radius 1 is 1.47 bits per heavy atom. The summed E-state index contributed by atoms with van der Waals surface area (Å²) in [5.41, 5.74) is 6.67. The summed E-state index contributed by atoms with van der Waals surface area (Å²) < 4.78 is 5.71. The van der Waals surface area contributed by atoms with E-state index < -0.39 is 5.60 Å². The quantitative estimate of drug-likeness (QED) is 0.821. The van der Waals surface area contributed by atoms with Crippen LogP contribution in [0.4, 0.5) is 5.69 Å². The summed E-state index contributed by atoms with van der Waals surface area (Å²) in [6, 6.07) is 5.79. The van der Waals surface area contributed by atoms with Gasteiger partial charge in [-0.15, -0.1) is 0 Å². The van der Waals surface area contributed by atoms with Crippen molar-refractivity contribution >= 4 is 11.6 Å². The van der Waals surface area contributed by atoms with Crippen molar-refractivity contribution in [2.24, 2.45) is 5.73 Å². The van der Waals surface area contributed by atoms with Gasteiger partial charge in [0.2, 0.25) is 0 Å². The number of nitrogens with two attached hydrogens (primary N) is 1. The van der Waals surface area contributed by atoms with Crippen LogP contribution in [0.5, 0.6) is 5.75 Å². The lowest BCUT2D eigenvalue weighted by Gasteiger charge is -2.32. The van der Waals surface area contributed by atoms with Crippen LogP contribution in [0.2, 0.25) is 0 Å². The average molecular weight is 234 g/mol. The van der Waals surface area contributed by atoms with Crippen LogP contribution >= 0.6 is 0 Å². The fourth-order valence-electron chi connectivity index (χ4n) is 1.76. The predicted octanol–water partition coefficient (Wildman–Crippen LogP) is 1.86. The molecule has 0 spiro atoms. The fourth-order valence-corrected chi connectivity index (χ4v) is 1.76. The Hall–Kier alpha value is -1.55. The maximum absolute atomic E-state index is 11.7. The molecule has 1 aromatic rings.